The maximum Gasteiger partial charge on any atom is 0.419 e. The number of amides is 1. The van der Waals surface area contributed by atoms with Crippen molar-refractivity contribution in [2.75, 3.05) is 10.6 Å². The number of hydrogen-bond acceptors (Lipinski definition) is 7. The predicted octanol–water partition coefficient (Wildman–Crippen LogP) is 3.07. The van der Waals surface area contributed by atoms with Crippen LogP contribution in [0, 0.1) is 12.7 Å². The predicted molar refractivity (Wildman–Crippen MR) is 88.1 cm³/mol. The quantitative estimate of drug-likeness (QED) is 0.752. The van der Waals surface area contributed by atoms with E-state index in [1.165, 1.54) is 18.3 Å². The van der Waals surface area contributed by atoms with E-state index in [1.807, 2.05) is 0 Å². The van der Waals surface area contributed by atoms with Crippen LogP contribution in [0.4, 0.5) is 26.5 Å². The minimum absolute atomic E-state index is 0.0107. The van der Waals surface area contributed by atoms with Gasteiger partial charge in [0.2, 0.25) is 0 Å². The van der Waals surface area contributed by atoms with Gasteiger partial charge in [0, 0.05) is 6.20 Å². The Morgan fingerprint density at radius 1 is 1.16 bits per heavy atom. The Morgan fingerprint density at radius 3 is 2.76 bits per heavy atom. The Hall–Kier alpha value is -3.62. The zero-order valence-electron chi connectivity index (χ0n) is 13.1. The summed E-state index contributed by atoms with van der Waals surface area (Å²) in [5, 5.41) is 5.35. The molecular weight excluding hydrogens is 327 g/mol. The van der Waals surface area contributed by atoms with Crippen molar-refractivity contribution in [2.45, 2.75) is 6.92 Å². The number of hydrogen-bond donors (Lipinski definition) is 2. The number of pyridine rings is 2. The summed E-state index contributed by atoms with van der Waals surface area (Å²) in [6.07, 6.45) is 4.91. The van der Waals surface area contributed by atoms with E-state index in [0.29, 0.717) is 11.4 Å². The molecule has 0 aromatic carbocycles. The maximum atomic E-state index is 12.8. The van der Waals surface area contributed by atoms with E-state index in [1.54, 1.807) is 31.5 Å². The minimum atomic E-state index is -0.826. The smallest absolute Gasteiger partial charge is 0.387 e. The number of anilines is 3. The Bertz CT molecular complexity index is 874. The highest BCUT2D eigenvalue weighted by molar-refractivity contribution is 5.85. The van der Waals surface area contributed by atoms with E-state index < -0.39 is 11.9 Å². The van der Waals surface area contributed by atoms with Gasteiger partial charge in [-0.2, -0.15) is 0 Å². The normalized spacial score (nSPS) is 10.2. The highest BCUT2D eigenvalue weighted by atomic mass is 19.1. The molecule has 0 unspecified atom stereocenters. The van der Waals surface area contributed by atoms with E-state index in [-0.39, 0.29) is 17.5 Å². The third kappa shape index (κ3) is 4.44. The van der Waals surface area contributed by atoms with Crippen LogP contribution in [-0.4, -0.2) is 26.0 Å². The number of aromatic nitrogens is 4. The molecule has 0 aliphatic carbocycles. The molecule has 0 aliphatic heterocycles. The van der Waals surface area contributed by atoms with Gasteiger partial charge in [-0.25, -0.2) is 24.1 Å². The lowest BCUT2D eigenvalue weighted by atomic mass is 10.4. The molecule has 0 saturated carbocycles. The maximum absolute atomic E-state index is 12.8. The summed E-state index contributed by atoms with van der Waals surface area (Å²) in [7, 11) is 0. The molecule has 3 heterocycles. The number of carbonyl (C=O) groups is 1. The number of ether oxygens (including phenoxy) is 1. The van der Waals surface area contributed by atoms with Crippen LogP contribution in [0.15, 0.2) is 49.1 Å². The molecule has 0 aliphatic rings. The first kappa shape index (κ1) is 16.2. The zero-order valence-corrected chi connectivity index (χ0v) is 13.1. The Morgan fingerprint density at radius 2 is 2.04 bits per heavy atom. The molecule has 9 heteroatoms. The van der Waals surface area contributed by atoms with Crippen LogP contribution in [0.5, 0.6) is 5.88 Å². The first-order valence-corrected chi connectivity index (χ1v) is 7.21. The molecule has 0 spiro atoms. The molecule has 8 nitrogen and oxygen atoms in total. The van der Waals surface area contributed by atoms with E-state index in [4.69, 9.17) is 4.74 Å². The first-order valence-electron chi connectivity index (χ1n) is 7.21. The fourth-order valence-corrected chi connectivity index (χ4v) is 1.85. The highest BCUT2D eigenvalue weighted by Crippen LogP contribution is 2.23. The average molecular weight is 340 g/mol. The number of carbonyl (C=O) groups excluding carboxylic acids is 1. The molecule has 3 aromatic heterocycles. The van der Waals surface area contributed by atoms with Gasteiger partial charge in [0.15, 0.2) is 5.82 Å². The Kier molecular flexibility index (Phi) is 4.74. The van der Waals surface area contributed by atoms with Crippen LogP contribution in [0.25, 0.3) is 0 Å². The number of rotatable bonds is 4. The van der Waals surface area contributed by atoms with Crippen LogP contribution < -0.4 is 15.4 Å². The van der Waals surface area contributed by atoms with E-state index in [9.17, 15) is 9.18 Å². The lowest BCUT2D eigenvalue weighted by Gasteiger charge is -2.11. The van der Waals surface area contributed by atoms with E-state index in [0.717, 1.165) is 6.20 Å². The average Bonchev–Trinajstić information content (AvgIpc) is 2.60. The van der Waals surface area contributed by atoms with Crippen LogP contribution >= 0.6 is 0 Å². The molecule has 0 atom stereocenters. The van der Waals surface area contributed by atoms with Crippen LogP contribution in [0.2, 0.25) is 0 Å². The summed E-state index contributed by atoms with van der Waals surface area (Å²) < 4.78 is 18.0. The number of nitrogens with zero attached hydrogens (tertiary/aromatic N) is 4. The van der Waals surface area contributed by atoms with Gasteiger partial charge in [-0.1, -0.05) is 0 Å². The van der Waals surface area contributed by atoms with Crippen molar-refractivity contribution in [3.63, 3.8) is 0 Å². The second kappa shape index (κ2) is 7.30. The summed E-state index contributed by atoms with van der Waals surface area (Å²) in [5.74, 6) is -0.121. The molecule has 0 radical (unpaired) electrons. The summed E-state index contributed by atoms with van der Waals surface area (Å²) in [6, 6.07) is 6.01. The van der Waals surface area contributed by atoms with Crippen molar-refractivity contribution in [1.82, 2.24) is 19.9 Å². The number of aryl methyl sites for hydroxylation is 1. The zero-order chi connectivity index (χ0) is 17.6. The fraction of sp³-hybridized carbons (Fsp3) is 0.0625. The lowest BCUT2D eigenvalue weighted by molar-refractivity contribution is 0.213. The molecular formula is C16H13FN6O2. The van der Waals surface area contributed by atoms with Gasteiger partial charge in [0.05, 0.1) is 30.0 Å². The van der Waals surface area contributed by atoms with E-state index in [2.05, 4.69) is 30.6 Å². The van der Waals surface area contributed by atoms with Crippen molar-refractivity contribution in [3.8, 4) is 5.88 Å². The second-order valence-electron chi connectivity index (χ2n) is 4.91. The van der Waals surface area contributed by atoms with Crippen molar-refractivity contribution in [3.05, 3.63) is 60.6 Å². The molecule has 0 saturated heterocycles. The first-order chi connectivity index (χ1) is 12.1. The molecule has 3 rings (SSSR count). The Labute approximate surface area is 142 Å². The van der Waals surface area contributed by atoms with Crippen LogP contribution in [0.1, 0.15) is 5.69 Å². The van der Waals surface area contributed by atoms with E-state index >= 15 is 0 Å². The van der Waals surface area contributed by atoms with Crippen molar-refractivity contribution >= 4 is 23.4 Å². The molecule has 1 amide bonds. The molecule has 3 aromatic rings. The number of halogens is 1. The van der Waals surface area contributed by atoms with Gasteiger partial charge in [-0.15, -0.1) is 0 Å². The van der Waals surface area contributed by atoms with Crippen molar-refractivity contribution in [2.24, 2.45) is 0 Å². The minimum Gasteiger partial charge on any atom is -0.387 e. The van der Waals surface area contributed by atoms with Gasteiger partial charge < -0.3 is 10.1 Å². The van der Waals surface area contributed by atoms with Crippen molar-refractivity contribution < 1.29 is 13.9 Å². The second-order valence-corrected chi connectivity index (χ2v) is 4.91. The van der Waals surface area contributed by atoms with Crippen LogP contribution in [-0.2, 0) is 0 Å². The third-order valence-corrected chi connectivity index (χ3v) is 2.93. The SMILES string of the molecule is Cc1cnc(Nc2cccnc2)c(OC(=O)Nc2ccc(F)cn2)n1. The summed E-state index contributed by atoms with van der Waals surface area (Å²) in [4.78, 5) is 28.0. The molecule has 25 heavy (non-hydrogen) atoms. The summed E-state index contributed by atoms with van der Waals surface area (Å²) in [5.41, 5.74) is 1.23. The Balaban J connectivity index is 1.75. The summed E-state index contributed by atoms with van der Waals surface area (Å²) >= 11 is 0. The van der Waals surface area contributed by atoms with Gasteiger partial charge in [0.1, 0.15) is 11.6 Å². The van der Waals surface area contributed by atoms with Gasteiger partial charge in [0.25, 0.3) is 5.88 Å². The van der Waals surface area contributed by atoms with Gasteiger partial charge >= 0.3 is 6.09 Å². The van der Waals surface area contributed by atoms with Crippen LogP contribution in [0.3, 0.4) is 0 Å². The highest BCUT2D eigenvalue weighted by Gasteiger charge is 2.14. The number of nitrogens with one attached hydrogen (secondary N) is 2. The topological polar surface area (TPSA) is 102 Å². The fourth-order valence-electron chi connectivity index (χ4n) is 1.85. The molecule has 2 N–H and O–H groups in total. The molecule has 0 bridgehead atoms. The standard InChI is InChI=1S/C16H13FN6O2/c1-10-7-20-14(22-12-3-2-6-18-9-12)15(21-10)25-16(24)23-13-5-4-11(17)8-19-13/h2-9H,1H3,(H,20,22)(H,19,23,24). The van der Waals surface area contributed by atoms with Crippen molar-refractivity contribution in [1.29, 1.82) is 0 Å². The third-order valence-electron chi connectivity index (χ3n) is 2.93. The van der Waals surface area contributed by atoms with Gasteiger partial charge in [-0.3, -0.25) is 10.3 Å². The lowest BCUT2D eigenvalue weighted by Crippen LogP contribution is -2.19. The monoisotopic (exact) mass is 340 g/mol. The van der Waals surface area contributed by atoms with Gasteiger partial charge in [-0.05, 0) is 31.2 Å². The molecule has 126 valence electrons. The molecule has 0 fully saturated rings. The largest absolute Gasteiger partial charge is 0.419 e. The summed E-state index contributed by atoms with van der Waals surface area (Å²) in [6.45, 7) is 1.72.